The van der Waals surface area contributed by atoms with E-state index in [4.69, 9.17) is 11.6 Å². The lowest BCUT2D eigenvalue weighted by Gasteiger charge is -2.26. The normalized spacial score (nSPS) is 11.7. The van der Waals surface area contributed by atoms with Gasteiger partial charge in [-0.2, -0.15) is 0 Å². The third-order valence-electron chi connectivity index (χ3n) is 2.98. The third-order valence-corrected chi connectivity index (χ3v) is 3.21. The van der Waals surface area contributed by atoms with Gasteiger partial charge in [-0.05, 0) is 29.9 Å². The van der Waals surface area contributed by atoms with Crippen molar-refractivity contribution in [2.75, 3.05) is 0 Å². The lowest BCUT2D eigenvalue weighted by molar-refractivity contribution is 0.437. The summed E-state index contributed by atoms with van der Waals surface area (Å²) >= 11 is 5.74. The van der Waals surface area contributed by atoms with Crippen LogP contribution in [0.1, 0.15) is 39.2 Å². The van der Waals surface area contributed by atoms with Gasteiger partial charge in [0.2, 0.25) is 0 Å². The maximum absolute atomic E-state index is 5.74. The van der Waals surface area contributed by atoms with Gasteiger partial charge >= 0.3 is 0 Å². The largest absolute Gasteiger partial charge is 0.244 e. The average Bonchev–Trinajstić information content (AvgIpc) is 2.18. The highest BCUT2D eigenvalue weighted by molar-refractivity contribution is 6.29. The first-order chi connectivity index (χ1) is 6.12. The number of hydrogen-bond donors (Lipinski definition) is 0. The van der Waals surface area contributed by atoms with Gasteiger partial charge in [0.25, 0.3) is 0 Å². The van der Waals surface area contributed by atoms with Gasteiger partial charge < -0.3 is 0 Å². The van der Waals surface area contributed by atoms with Crippen LogP contribution in [0.15, 0.2) is 18.3 Å². The summed E-state index contributed by atoms with van der Waals surface area (Å²) in [5, 5.41) is 0.568. The monoisotopic (exact) mass is 197 g/mol. The van der Waals surface area contributed by atoms with Crippen molar-refractivity contribution >= 4 is 11.6 Å². The summed E-state index contributed by atoms with van der Waals surface area (Å²) in [6, 6.07) is 3.93. The Hall–Kier alpha value is -0.560. The summed E-state index contributed by atoms with van der Waals surface area (Å²) in [4.78, 5) is 4.11. The molecule has 2 heteroatoms. The van der Waals surface area contributed by atoms with Crippen LogP contribution in [0.2, 0.25) is 5.15 Å². The quantitative estimate of drug-likeness (QED) is 0.672. The van der Waals surface area contributed by atoms with Crippen molar-refractivity contribution < 1.29 is 0 Å². The second-order valence-corrected chi connectivity index (χ2v) is 4.02. The van der Waals surface area contributed by atoms with Gasteiger partial charge in [-0.3, -0.25) is 0 Å². The van der Waals surface area contributed by atoms with Crippen LogP contribution in [0.4, 0.5) is 0 Å². The predicted octanol–water partition coefficient (Wildman–Crippen LogP) is 3.81. The molecule has 0 amide bonds. The zero-order valence-electron chi connectivity index (χ0n) is 8.47. The molecule has 0 aliphatic carbocycles. The molecule has 1 aromatic heterocycles. The van der Waals surface area contributed by atoms with E-state index >= 15 is 0 Å². The maximum atomic E-state index is 5.74. The minimum Gasteiger partial charge on any atom is -0.244 e. The summed E-state index contributed by atoms with van der Waals surface area (Å²) in [6.45, 7) is 6.67. The number of pyridine rings is 1. The van der Waals surface area contributed by atoms with Crippen molar-refractivity contribution in [1.29, 1.82) is 0 Å². The Bertz CT molecular complexity index is 262. The van der Waals surface area contributed by atoms with Crippen LogP contribution < -0.4 is 0 Å². The van der Waals surface area contributed by atoms with Crippen LogP contribution in [0.25, 0.3) is 0 Å². The van der Waals surface area contributed by atoms with E-state index in [0.717, 1.165) is 12.8 Å². The lowest BCUT2D eigenvalue weighted by atomic mass is 9.79. The molecule has 0 aliphatic rings. The van der Waals surface area contributed by atoms with Crippen LogP contribution in [0, 0.1) is 0 Å². The van der Waals surface area contributed by atoms with Gasteiger partial charge in [0, 0.05) is 6.20 Å². The molecule has 0 fully saturated rings. The van der Waals surface area contributed by atoms with Crippen LogP contribution in [0.5, 0.6) is 0 Å². The van der Waals surface area contributed by atoms with Crippen LogP contribution in [-0.2, 0) is 5.41 Å². The van der Waals surface area contributed by atoms with E-state index in [1.54, 1.807) is 0 Å². The van der Waals surface area contributed by atoms with E-state index in [2.05, 4.69) is 31.8 Å². The molecule has 0 atom stereocenters. The summed E-state index contributed by atoms with van der Waals surface area (Å²) in [5.41, 5.74) is 1.53. The molecule has 0 saturated heterocycles. The van der Waals surface area contributed by atoms with Gasteiger partial charge in [-0.15, -0.1) is 0 Å². The van der Waals surface area contributed by atoms with E-state index in [9.17, 15) is 0 Å². The van der Waals surface area contributed by atoms with Crippen LogP contribution in [0.3, 0.4) is 0 Å². The highest BCUT2D eigenvalue weighted by Gasteiger charge is 2.22. The first-order valence-electron chi connectivity index (χ1n) is 4.74. The molecule has 1 heterocycles. The first-order valence-corrected chi connectivity index (χ1v) is 5.12. The summed E-state index contributed by atoms with van der Waals surface area (Å²) < 4.78 is 0. The fourth-order valence-corrected chi connectivity index (χ4v) is 1.50. The third kappa shape index (κ3) is 2.22. The van der Waals surface area contributed by atoms with E-state index in [1.807, 2.05) is 12.3 Å². The van der Waals surface area contributed by atoms with E-state index in [0.29, 0.717) is 5.15 Å². The van der Waals surface area contributed by atoms with Crippen molar-refractivity contribution in [1.82, 2.24) is 4.98 Å². The van der Waals surface area contributed by atoms with Gasteiger partial charge in [-0.1, -0.05) is 38.4 Å². The zero-order valence-corrected chi connectivity index (χ0v) is 9.23. The Balaban J connectivity index is 2.99. The topological polar surface area (TPSA) is 12.9 Å². The molecule has 0 spiro atoms. The van der Waals surface area contributed by atoms with Crippen LogP contribution in [-0.4, -0.2) is 4.98 Å². The maximum Gasteiger partial charge on any atom is 0.129 e. The van der Waals surface area contributed by atoms with Gasteiger partial charge in [0.15, 0.2) is 0 Å². The Morgan fingerprint density at radius 2 is 1.92 bits per heavy atom. The number of nitrogens with zero attached hydrogens (tertiary/aromatic N) is 1. The molecule has 0 unspecified atom stereocenters. The molecular weight excluding hydrogens is 182 g/mol. The minimum absolute atomic E-state index is 0.248. The second kappa shape index (κ2) is 4.10. The molecule has 0 saturated carbocycles. The number of hydrogen-bond acceptors (Lipinski definition) is 1. The van der Waals surface area contributed by atoms with E-state index in [1.165, 1.54) is 5.56 Å². The molecule has 1 aromatic rings. The summed E-state index contributed by atoms with van der Waals surface area (Å²) in [7, 11) is 0. The first kappa shape index (κ1) is 10.5. The molecule has 1 nitrogen and oxygen atoms in total. The van der Waals surface area contributed by atoms with Crippen molar-refractivity contribution in [2.24, 2.45) is 0 Å². The number of rotatable bonds is 3. The SMILES string of the molecule is CCC(C)(CC)c1ccc(Cl)nc1. The molecular formula is C11H16ClN. The molecule has 0 aromatic carbocycles. The molecule has 72 valence electrons. The molecule has 13 heavy (non-hydrogen) atoms. The molecule has 0 aliphatic heterocycles. The standard InChI is InChI=1S/C11H16ClN/c1-4-11(3,5-2)9-6-7-10(12)13-8-9/h6-8H,4-5H2,1-3H3. The lowest BCUT2D eigenvalue weighted by Crippen LogP contribution is -2.19. The van der Waals surface area contributed by atoms with Crippen LogP contribution >= 0.6 is 11.6 Å². The highest BCUT2D eigenvalue weighted by Crippen LogP contribution is 2.30. The molecule has 0 bridgehead atoms. The van der Waals surface area contributed by atoms with Crippen molar-refractivity contribution in [2.45, 2.75) is 39.0 Å². The molecule has 1 rings (SSSR count). The Labute approximate surface area is 85.1 Å². The fourth-order valence-electron chi connectivity index (χ4n) is 1.39. The van der Waals surface area contributed by atoms with Crippen molar-refractivity contribution in [3.8, 4) is 0 Å². The van der Waals surface area contributed by atoms with Crippen molar-refractivity contribution in [3.63, 3.8) is 0 Å². The average molecular weight is 198 g/mol. The summed E-state index contributed by atoms with van der Waals surface area (Å²) in [6.07, 6.45) is 4.15. The minimum atomic E-state index is 0.248. The molecule has 0 N–H and O–H groups in total. The number of aromatic nitrogens is 1. The number of halogens is 1. The zero-order chi connectivity index (χ0) is 9.90. The van der Waals surface area contributed by atoms with E-state index < -0.39 is 0 Å². The van der Waals surface area contributed by atoms with Crippen molar-refractivity contribution in [3.05, 3.63) is 29.0 Å². The Morgan fingerprint density at radius 1 is 1.31 bits per heavy atom. The van der Waals surface area contributed by atoms with Gasteiger partial charge in [0.05, 0.1) is 0 Å². The van der Waals surface area contributed by atoms with E-state index in [-0.39, 0.29) is 5.41 Å². The predicted molar refractivity (Wildman–Crippen MR) is 57.2 cm³/mol. The Kier molecular flexibility index (Phi) is 3.32. The fraction of sp³-hybridized carbons (Fsp3) is 0.545. The summed E-state index contributed by atoms with van der Waals surface area (Å²) in [5.74, 6) is 0. The van der Waals surface area contributed by atoms with Gasteiger partial charge in [-0.25, -0.2) is 4.98 Å². The van der Waals surface area contributed by atoms with Gasteiger partial charge in [0.1, 0.15) is 5.15 Å². The second-order valence-electron chi connectivity index (χ2n) is 3.64. The Morgan fingerprint density at radius 3 is 2.31 bits per heavy atom. The smallest absolute Gasteiger partial charge is 0.129 e. The molecule has 0 radical (unpaired) electrons. The highest BCUT2D eigenvalue weighted by atomic mass is 35.5.